The molecule has 1 aliphatic rings. The maximum atomic E-state index is 5.71. The van der Waals surface area contributed by atoms with Gasteiger partial charge >= 0.3 is 0 Å². The SMILES string of the molecule is COc1ccc(CN2CCCCC[C@H]2c2ccc(C)cc2)c(OC)c1OC. The van der Waals surface area contributed by atoms with Crippen LogP contribution in [0.25, 0.3) is 0 Å². The highest BCUT2D eigenvalue weighted by Gasteiger charge is 2.25. The third-order valence-corrected chi connectivity index (χ3v) is 5.48. The lowest BCUT2D eigenvalue weighted by molar-refractivity contribution is 0.189. The maximum absolute atomic E-state index is 5.71. The van der Waals surface area contributed by atoms with E-state index in [0.717, 1.165) is 24.4 Å². The molecule has 146 valence electrons. The van der Waals surface area contributed by atoms with Crippen LogP contribution in [0.5, 0.6) is 17.2 Å². The van der Waals surface area contributed by atoms with Crippen molar-refractivity contribution in [3.63, 3.8) is 0 Å². The first-order valence-electron chi connectivity index (χ1n) is 9.76. The summed E-state index contributed by atoms with van der Waals surface area (Å²) in [4.78, 5) is 2.58. The van der Waals surface area contributed by atoms with E-state index < -0.39 is 0 Å². The van der Waals surface area contributed by atoms with Crippen molar-refractivity contribution < 1.29 is 14.2 Å². The Morgan fingerprint density at radius 3 is 2.26 bits per heavy atom. The number of nitrogens with zero attached hydrogens (tertiary/aromatic N) is 1. The quantitative estimate of drug-likeness (QED) is 0.706. The predicted octanol–water partition coefficient (Wildman–Crippen LogP) is 5.14. The van der Waals surface area contributed by atoms with Gasteiger partial charge in [0, 0.05) is 18.2 Å². The molecular weight excluding hydrogens is 338 g/mol. The van der Waals surface area contributed by atoms with Gasteiger partial charge < -0.3 is 14.2 Å². The molecule has 2 aromatic carbocycles. The summed E-state index contributed by atoms with van der Waals surface area (Å²) < 4.78 is 16.7. The number of rotatable bonds is 6. The van der Waals surface area contributed by atoms with Crippen molar-refractivity contribution in [2.45, 2.75) is 45.2 Å². The molecule has 2 aromatic rings. The number of hydrogen-bond donors (Lipinski definition) is 0. The van der Waals surface area contributed by atoms with Crippen molar-refractivity contribution in [1.29, 1.82) is 0 Å². The first-order valence-corrected chi connectivity index (χ1v) is 9.76. The summed E-state index contributed by atoms with van der Waals surface area (Å²) in [5.41, 5.74) is 3.84. The first kappa shape index (κ1) is 19.6. The first-order chi connectivity index (χ1) is 13.2. The molecule has 0 radical (unpaired) electrons. The monoisotopic (exact) mass is 369 g/mol. The third-order valence-electron chi connectivity index (χ3n) is 5.48. The second-order valence-electron chi connectivity index (χ2n) is 7.24. The number of methoxy groups -OCH3 is 3. The van der Waals surface area contributed by atoms with Gasteiger partial charge in [-0.2, -0.15) is 0 Å². The standard InChI is InChI=1S/C23H31NO3/c1-17-9-11-18(12-10-17)20-8-6-5-7-15-24(20)16-19-13-14-21(25-2)23(27-4)22(19)26-3/h9-14,20H,5-8,15-16H2,1-4H3/t20-/m0/s1. The van der Waals surface area contributed by atoms with Crippen molar-refractivity contribution in [2.24, 2.45) is 0 Å². The molecule has 0 spiro atoms. The van der Waals surface area contributed by atoms with Crippen LogP contribution in [-0.2, 0) is 6.54 Å². The van der Waals surface area contributed by atoms with E-state index in [4.69, 9.17) is 14.2 Å². The van der Waals surface area contributed by atoms with Crippen LogP contribution >= 0.6 is 0 Å². The molecule has 1 heterocycles. The lowest BCUT2D eigenvalue weighted by Gasteiger charge is -2.31. The van der Waals surface area contributed by atoms with E-state index in [9.17, 15) is 0 Å². The van der Waals surface area contributed by atoms with Crippen LogP contribution in [0.2, 0.25) is 0 Å². The molecule has 1 fully saturated rings. The molecule has 1 aliphatic heterocycles. The molecule has 0 N–H and O–H groups in total. The van der Waals surface area contributed by atoms with Crippen molar-refractivity contribution >= 4 is 0 Å². The maximum Gasteiger partial charge on any atom is 0.203 e. The number of hydrogen-bond acceptors (Lipinski definition) is 4. The van der Waals surface area contributed by atoms with Gasteiger partial charge in [0.1, 0.15) is 0 Å². The van der Waals surface area contributed by atoms with Crippen LogP contribution in [0.15, 0.2) is 36.4 Å². The van der Waals surface area contributed by atoms with E-state index in [1.54, 1.807) is 21.3 Å². The van der Waals surface area contributed by atoms with Crippen LogP contribution in [0, 0.1) is 6.92 Å². The van der Waals surface area contributed by atoms with Gasteiger partial charge in [-0.15, -0.1) is 0 Å². The minimum Gasteiger partial charge on any atom is -0.493 e. The molecule has 0 amide bonds. The second-order valence-corrected chi connectivity index (χ2v) is 7.24. The van der Waals surface area contributed by atoms with E-state index >= 15 is 0 Å². The van der Waals surface area contributed by atoms with Gasteiger partial charge in [0.2, 0.25) is 5.75 Å². The highest BCUT2D eigenvalue weighted by atomic mass is 16.5. The molecule has 1 atom stereocenters. The Hall–Kier alpha value is -2.20. The zero-order chi connectivity index (χ0) is 19.2. The second kappa shape index (κ2) is 9.14. The van der Waals surface area contributed by atoms with Gasteiger partial charge in [-0.1, -0.05) is 48.7 Å². The molecule has 0 bridgehead atoms. The fraction of sp³-hybridized carbons (Fsp3) is 0.478. The lowest BCUT2D eigenvalue weighted by atomic mass is 9.99. The summed E-state index contributed by atoms with van der Waals surface area (Å²) in [6, 6.07) is 13.5. The van der Waals surface area contributed by atoms with E-state index in [1.165, 1.54) is 36.8 Å². The van der Waals surface area contributed by atoms with E-state index in [0.29, 0.717) is 17.5 Å². The highest BCUT2D eigenvalue weighted by Crippen LogP contribution is 2.41. The Morgan fingerprint density at radius 2 is 1.59 bits per heavy atom. The largest absolute Gasteiger partial charge is 0.493 e. The van der Waals surface area contributed by atoms with Gasteiger partial charge in [-0.25, -0.2) is 0 Å². The minimum atomic E-state index is 0.436. The van der Waals surface area contributed by atoms with Gasteiger partial charge in [0.25, 0.3) is 0 Å². The smallest absolute Gasteiger partial charge is 0.203 e. The van der Waals surface area contributed by atoms with E-state index in [1.807, 2.05) is 6.07 Å². The minimum absolute atomic E-state index is 0.436. The summed E-state index contributed by atoms with van der Waals surface area (Å²) in [6.45, 7) is 4.07. The Labute approximate surface area is 163 Å². The molecule has 1 saturated heterocycles. The van der Waals surface area contributed by atoms with Crippen molar-refractivity contribution in [3.05, 3.63) is 53.1 Å². The fourth-order valence-corrected chi connectivity index (χ4v) is 4.03. The van der Waals surface area contributed by atoms with Crippen LogP contribution in [-0.4, -0.2) is 32.8 Å². The van der Waals surface area contributed by atoms with Crippen LogP contribution in [0.3, 0.4) is 0 Å². The number of aryl methyl sites for hydroxylation is 1. The predicted molar refractivity (Wildman–Crippen MR) is 109 cm³/mol. The third kappa shape index (κ3) is 4.38. The van der Waals surface area contributed by atoms with Gasteiger partial charge in [-0.3, -0.25) is 4.90 Å². The van der Waals surface area contributed by atoms with Crippen LogP contribution < -0.4 is 14.2 Å². The number of ether oxygens (including phenoxy) is 3. The zero-order valence-electron chi connectivity index (χ0n) is 17.0. The molecule has 0 saturated carbocycles. The topological polar surface area (TPSA) is 30.9 Å². The van der Waals surface area contributed by atoms with E-state index in [-0.39, 0.29) is 0 Å². The average molecular weight is 370 g/mol. The average Bonchev–Trinajstić information content (AvgIpc) is 2.93. The van der Waals surface area contributed by atoms with Crippen molar-refractivity contribution in [1.82, 2.24) is 4.90 Å². The Balaban J connectivity index is 1.92. The van der Waals surface area contributed by atoms with Gasteiger partial charge in [0.15, 0.2) is 11.5 Å². The molecular formula is C23H31NO3. The molecule has 0 aromatic heterocycles. The summed E-state index contributed by atoms with van der Waals surface area (Å²) in [5.74, 6) is 2.13. The van der Waals surface area contributed by atoms with Crippen molar-refractivity contribution in [3.8, 4) is 17.2 Å². The number of likely N-dealkylation sites (tertiary alicyclic amines) is 1. The van der Waals surface area contributed by atoms with E-state index in [2.05, 4.69) is 42.2 Å². The molecule has 0 aliphatic carbocycles. The normalized spacial score (nSPS) is 18.0. The van der Waals surface area contributed by atoms with Crippen LogP contribution in [0.4, 0.5) is 0 Å². The summed E-state index contributed by atoms with van der Waals surface area (Å²) in [7, 11) is 5.01. The molecule has 27 heavy (non-hydrogen) atoms. The summed E-state index contributed by atoms with van der Waals surface area (Å²) in [5, 5.41) is 0. The molecule has 4 heteroatoms. The molecule has 4 nitrogen and oxygen atoms in total. The van der Waals surface area contributed by atoms with Gasteiger partial charge in [-0.05, 0) is 37.9 Å². The number of benzene rings is 2. The zero-order valence-corrected chi connectivity index (χ0v) is 17.0. The summed E-state index contributed by atoms with van der Waals surface area (Å²) in [6.07, 6.45) is 5.00. The summed E-state index contributed by atoms with van der Waals surface area (Å²) >= 11 is 0. The fourth-order valence-electron chi connectivity index (χ4n) is 4.03. The Kier molecular flexibility index (Phi) is 6.62. The van der Waals surface area contributed by atoms with Crippen LogP contribution in [0.1, 0.15) is 48.4 Å². The Bertz CT molecular complexity index is 742. The lowest BCUT2D eigenvalue weighted by Crippen LogP contribution is -2.28. The molecule has 3 rings (SSSR count). The van der Waals surface area contributed by atoms with Gasteiger partial charge in [0.05, 0.1) is 21.3 Å². The highest BCUT2D eigenvalue weighted by molar-refractivity contribution is 5.55. The van der Waals surface area contributed by atoms with Crippen molar-refractivity contribution in [2.75, 3.05) is 27.9 Å². The Morgan fingerprint density at radius 1 is 0.852 bits per heavy atom. The molecule has 0 unspecified atom stereocenters.